The van der Waals surface area contributed by atoms with Crippen LogP contribution in [0.4, 0.5) is 8.78 Å². The van der Waals surface area contributed by atoms with Crippen LogP contribution in [-0.4, -0.2) is 25.6 Å². The quantitative estimate of drug-likeness (QED) is 0.808. The summed E-state index contributed by atoms with van der Waals surface area (Å²) in [7, 11) is 0. The van der Waals surface area contributed by atoms with E-state index in [2.05, 4.69) is 15.4 Å². The van der Waals surface area contributed by atoms with Gasteiger partial charge < -0.3 is 15.4 Å². The molecule has 1 fully saturated rings. The minimum atomic E-state index is -3.00. The van der Waals surface area contributed by atoms with Gasteiger partial charge >= 0.3 is 6.61 Å². The van der Waals surface area contributed by atoms with Crippen molar-refractivity contribution in [1.82, 2.24) is 10.6 Å². The summed E-state index contributed by atoms with van der Waals surface area (Å²) in [6.45, 7) is -1.46. The average Bonchev–Trinajstić information content (AvgIpc) is 2.48. The Kier molecular flexibility index (Phi) is 8.33. The van der Waals surface area contributed by atoms with Crippen molar-refractivity contribution in [2.45, 2.75) is 26.0 Å². The monoisotopic (exact) mass is 388 g/mol. The Labute approximate surface area is 149 Å². The highest BCUT2D eigenvalue weighted by Crippen LogP contribution is 2.33. The molecule has 1 unspecified atom stereocenters. The highest BCUT2D eigenvalue weighted by Gasteiger charge is 2.21. The summed E-state index contributed by atoms with van der Waals surface area (Å²) < 4.78 is 29.3. The number of alkyl halides is 2. The number of amides is 1. The average molecular weight is 390 g/mol. The van der Waals surface area contributed by atoms with Gasteiger partial charge in [0.1, 0.15) is 5.75 Å². The molecule has 1 aromatic rings. The van der Waals surface area contributed by atoms with Gasteiger partial charge in [-0.05, 0) is 31.5 Å². The van der Waals surface area contributed by atoms with Gasteiger partial charge in [-0.3, -0.25) is 4.79 Å². The zero-order valence-electron chi connectivity index (χ0n) is 12.1. The van der Waals surface area contributed by atoms with Crippen LogP contribution in [0.5, 0.6) is 5.75 Å². The molecule has 0 bridgehead atoms. The van der Waals surface area contributed by atoms with Crippen LogP contribution >= 0.6 is 35.6 Å². The van der Waals surface area contributed by atoms with Crippen molar-refractivity contribution in [2.75, 3.05) is 13.1 Å². The Morgan fingerprint density at radius 3 is 2.78 bits per heavy atom. The van der Waals surface area contributed by atoms with Crippen LogP contribution in [0.1, 0.15) is 18.4 Å². The maximum absolute atomic E-state index is 12.5. The summed E-state index contributed by atoms with van der Waals surface area (Å²) in [5, 5.41) is 6.13. The number of rotatable bonds is 5. The third-order valence-electron chi connectivity index (χ3n) is 3.41. The van der Waals surface area contributed by atoms with Gasteiger partial charge in [-0.2, -0.15) is 8.78 Å². The molecule has 1 aliphatic heterocycles. The molecule has 0 aromatic heterocycles. The minimum Gasteiger partial charge on any atom is -0.433 e. The lowest BCUT2D eigenvalue weighted by Crippen LogP contribution is -2.40. The largest absolute Gasteiger partial charge is 0.433 e. The van der Waals surface area contributed by atoms with Gasteiger partial charge in [-0.15, -0.1) is 12.4 Å². The molecule has 0 aliphatic carbocycles. The molecule has 1 atom stereocenters. The van der Waals surface area contributed by atoms with E-state index in [1.807, 2.05) is 0 Å². The summed E-state index contributed by atoms with van der Waals surface area (Å²) >= 11 is 11.7. The van der Waals surface area contributed by atoms with Crippen molar-refractivity contribution in [1.29, 1.82) is 0 Å². The number of hydrogen-bond acceptors (Lipinski definition) is 3. The predicted molar refractivity (Wildman–Crippen MR) is 87.8 cm³/mol. The van der Waals surface area contributed by atoms with Crippen molar-refractivity contribution in [2.24, 2.45) is 5.92 Å². The Morgan fingerprint density at radius 2 is 2.17 bits per heavy atom. The second kappa shape index (κ2) is 9.47. The molecule has 0 radical (unpaired) electrons. The molecule has 1 saturated heterocycles. The van der Waals surface area contributed by atoms with Gasteiger partial charge in [0.2, 0.25) is 5.91 Å². The van der Waals surface area contributed by atoms with Crippen LogP contribution in [0, 0.1) is 5.92 Å². The molecular weight excluding hydrogens is 373 g/mol. The molecule has 130 valence electrons. The van der Waals surface area contributed by atoms with E-state index in [1.54, 1.807) is 0 Å². The van der Waals surface area contributed by atoms with Crippen LogP contribution in [0.25, 0.3) is 0 Å². The van der Waals surface area contributed by atoms with E-state index >= 15 is 0 Å². The Morgan fingerprint density at radius 1 is 1.43 bits per heavy atom. The fourth-order valence-corrected chi connectivity index (χ4v) is 2.95. The number of piperidine rings is 1. The summed E-state index contributed by atoms with van der Waals surface area (Å²) in [5.41, 5.74) is 0.315. The maximum Gasteiger partial charge on any atom is 0.387 e. The zero-order valence-corrected chi connectivity index (χ0v) is 14.4. The van der Waals surface area contributed by atoms with Gasteiger partial charge in [0, 0.05) is 23.7 Å². The second-order valence-corrected chi connectivity index (χ2v) is 5.86. The van der Waals surface area contributed by atoms with Crippen LogP contribution in [0.2, 0.25) is 10.0 Å². The molecule has 0 saturated carbocycles. The van der Waals surface area contributed by atoms with E-state index in [-0.39, 0.29) is 46.6 Å². The van der Waals surface area contributed by atoms with Gasteiger partial charge in [0.05, 0.1) is 10.9 Å². The van der Waals surface area contributed by atoms with E-state index in [0.29, 0.717) is 12.1 Å². The summed E-state index contributed by atoms with van der Waals surface area (Å²) in [4.78, 5) is 12.1. The number of halogens is 5. The molecule has 1 aromatic carbocycles. The Balaban J connectivity index is 0.00000264. The standard InChI is InChI=1S/C14H16Cl2F2N2O2.ClH/c15-10-4-9(12(11(16)5-10)22-14(17)18)7-20-13(21)8-2-1-3-19-6-8;/h4-5,8,14,19H,1-3,6-7H2,(H,20,21);1H. The number of carbonyl (C=O) groups excluding carboxylic acids is 1. The fraction of sp³-hybridized carbons (Fsp3) is 0.500. The van der Waals surface area contributed by atoms with Crippen molar-refractivity contribution >= 4 is 41.5 Å². The van der Waals surface area contributed by atoms with Crippen molar-refractivity contribution < 1.29 is 18.3 Å². The smallest absolute Gasteiger partial charge is 0.387 e. The molecule has 2 N–H and O–H groups in total. The maximum atomic E-state index is 12.5. The minimum absolute atomic E-state index is 0. The number of hydrogen-bond donors (Lipinski definition) is 2. The third kappa shape index (κ3) is 5.95. The normalized spacial score (nSPS) is 17.5. The van der Waals surface area contributed by atoms with Crippen LogP contribution in [-0.2, 0) is 11.3 Å². The molecule has 1 aliphatic rings. The lowest BCUT2D eigenvalue weighted by atomic mass is 9.99. The van der Waals surface area contributed by atoms with Gasteiger partial charge in [0.25, 0.3) is 0 Å². The van der Waals surface area contributed by atoms with Gasteiger partial charge in [-0.1, -0.05) is 23.2 Å². The number of carbonyl (C=O) groups is 1. The molecule has 1 heterocycles. The lowest BCUT2D eigenvalue weighted by molar-refractivity contribution is -0.125. The van der Waals surface area contributed by atoms with Crippen molar-refractivity contribution in [3.63, 3.8) is 0 Å². The highest BCUT2D eigenvalue weighted by molar-refractivity contribution is 6.35. The highest BCUT2D eigenvalue weighted by atomic mass is 35.5. The molecule has 0 spiro atoms. The number of ether oxygens (including phenoxy) is 1. The van der Waals surface area contributed by atoms with Crippen LogP contribution < -0.4 is 15.4 Å². The molecule has 9 heteroatoms. The van der Waals surface area contributed by atoms with Crippen molar-refractivity contribution in [3.05, 3.63) is 27.7 Å². The first-order valence-electron chi connectivity index (χ1n) is 6.88. The zero-order chi connectivity index (χ0) is 16.1. The summed E-state index contributed by atoms with van der Waals surface area (Å²) in [6, 6.07) is 2.77. The van der Waals surface area contributed by atoms with E-state index in [0.717, 1.165) is 19.4 Å². The molecule has 23 heavy (non-hydrogen) atoms. The van der Waals surface area contributed by atoms with E-state index < -0.39 is 6.61 Å². The topological polar surface area (TPSA) is 50.4 Å². The van der Waals surface area contributed by atoms with Crippen LogP contribution in [0.3, 0.4) is 0 Å². The van der Waals surface area contributed by atoms with E-state index in [4.69, 9.17) is 23.2 Å². The third-order valence-corrected chi connectivity index (χ3v) is 3.91. The van der Waals surface area contributed by atoms with Crippen molar-refractivity contribution in [3.8, 4) is 5.75 Å². The van der Waals surface area contributed by atoms with Gasteiger partial charge in [-0.25, -0.2) is 0 Å². The first-order chi connectivity index (χ1) is 10.5. The Bertz CT molecular complexity index is 541. The number of nitrogens with one attached hydrogen (secondary N) is 2. The van der Waals surface area contributed by atoms with E-state index in [9.17, 15) is 13.6 Å². The molecule has 1 amide bonds. The summed E-state index contributed by atoms with van der Waals surface area (Å²) in [5.74, 6) is -0.419. The van der Waals surface area contributed by atoms with Crippen LogP contribution in [0.15, 0.2) is 12.1 Å². The molecule has 2 rings (SSSR count). The molecular formula is C14H17Cl3F2N2O2. The van der Waals surface area contributed by atoms with E-state index in [1.165, 1.54) is 12.1 Å². The van der Waals surface area contributed by atoms with Gasteiger partial charge in [0.15, 0.2) is 0 Å². The Hall–Kier alpha value is -0.820. The first-order valence-corrected chi connectivity index (χ1v) is 7.64. The fourth-order valence-electron chi connectivity index (χ4n) is 2.37. The number of benzene rings is 1. The SMILES string of the molecule is Cl.O=C(NCc1cc(Cl)cc(Cl)c1OC(F)F)C1CCCNC1. The predicted octanol–water partition coefficient (Wildman–Crippen LogP) is 3.63. The first kappa shape index (κ1) is 20.2. The molecule has 4 nitrogen and oxygen atoms in total. The summed E-state index contributed by atoms with van der Waals surface area (Å²) in [6.07, 6.45) is 1.73. The lowest BCUT2D eigenvalue weighted by Gasteiger charge is -2.22. The second-order valence-electron chi connectivity index (χ2n) is 5.02.